The van der Waals surface area contributed by atoms with Gasteiger partial charge < -0.3 is 13.7 Å². The zero-order chi connectivity index (χ0) is 38.9. The number of hydrogen-bond donors (Lipinski definition) is 0. The second kappa shape index (κ2) is 13.4. The van der Waals surface area contributed by atoms with E-state index in [9.17, 15) is 0 Å². The van der Waals surface area contributed by atoms with Gasteiger partial charge in [0.2, 0.25) is 0 Å². The van der Waals surface area contributed by atoms with E-state index in [1.807, 2.05) is 18.2 Å². The first-order valence-electron chi connectivity index (χ1n) is 20.1. The molecule has 2 heterocycles. The van der Waals surface area contributed by atoms with Gasteiger partial charge in [0, 0.05) is 44.2 Å². The topological polar surface area (TPSA) is 29.5 Å². The summed E-state index contributed by atoms with van der Waals surface area (Å²) in [6.45, 7) is 0. The van der Waals surface area contributed by atoms with Gasteiger partial charge >= 0.3 is 0 Å². The number of hydrogen-bond acceptors (Lipinski definition) is 3. The minimum absolute atomic E-state index is 0.847. The Kier molecular flexibility index (Phi) is 7.54. The summed E-state index contributed by atoms with van der Waals surface area (Å²) in [5, 5.41) is 9.18. The first-order valence-corrected chi connectivity index (χ1v) is 20.1. The maximum atomic E-state index is 6.93. The lowest BCUT2D eigenvalue weighted by molar-refractivity contribution is 0.663. The summed E-state index contributed by atoms with van der Waals surface area (Å²) < 4.78 is 13.3. The van der Waals surface area contributed by atoms with Crippen LogP contribution in [0, 0.1) is 0 Å². The van der Waals surface area contributed by atoms with E-state index < -0.39 is 0 Å². The number of anilines is 3. The van der Waals surface area contributed by atoms with E-state index in [-0.39, 0.29) is 0 Å². The molecule has 10 aromatic carbocycles. The van der Waals surface area contributed by atoms with Gasteiger partial charge in [-0.1, -0.05) is 140 Å². The Hall–Kier alpha value is -7.88. The van der Waals surface area contributed by atoms with Crippen molar-refractivity contribution < 1.29 is 8.83 Å². The predicted molar refractivity (Wildman–Crippen MR) is 247 cm³/mol. The van der Waals surface area contributed by atoms with E-state index in [2.05, 4.69) is 199 Å². The van der Waals surface area contributed by atoms with Crippen molar-refractivity contribution in [2.75, 3.05) is 4.90 Å². The average molecular weight is 754 g/mol. The molecule has 0 unspecified atom stereocenters. The third-order valence-corrected chi connectivity index (χ3v) is 11.8. The second-order valence-corrected chi connectivity index (χ2v) is 15.2. The highest BCUT2D eigenvalue weighted by Crippen LogP contribution is 2.46. The van der Waals surface area contributed by atoms with Crippen molar-refractivity contribution in [3.63, 3.8) is 0 Å². The van der Waals surface area contributed by atoms with Crippen LogP contribution in [0.2, 0.25) is 0 Å². The minimum atomic E-state index is 0.847. The molecule has 0 N–H and O–H groups in total. The summed E-state index contributed by atoms with van der Waals surface area (Å²) >= 11 is 0. The molecule has 0 aliphatic carbocycles. The number of furan rings is 2. The molecule has 2 aromatic heterocycles. The van der Waals surface area contributed by atoms with Crippen LogP contribution in [0.3, 0.4) is 0 Å². The van der Waals surface area contributed by atoms with Crippen LogP contribution in [0.1, 0.15) is 0 Å². The average Bonchev–Trinajstić information content (AvgIpc) is 3.88. The summed E-state index contributed by atoms with van der Waals surface area (Å²) in [7, 11) is 0. The SMILES string of the molecule is c1ccc(N(c2ccccc2)c2ccc(-c3ccc(-c4cc(-c5cc6ccccc6c6ccccc56)c5oc6ccc7oc8ccccc8c7c6c5c4)cc3)cc2)cc1. The van der Waals surface area contributed by atoms with Gasteiger partial charge in [-0.25, -0.2) is 0 Å². The highest BCUT2D eigenvalue weighted by Gasteiger charge is 2.22. The fourth-order valence-electron chi connectivity index (χ4n) is 9.09. The van der Waals surface area contributed by atoms with Crippen LogP contribution < -0.4 is 4.90 Å². The van der Waals surface area contributed by atoms with Crippen LogP contribution in [0.5, 0.6) is 0 Å². The molecule has 0 saturated heterocycles. The highest BCUT2D eigenvalue weighted by atomic mass is 16.3. The van der Waals surface area contributed by atoms with Gasteiger partial charge in [-0.15, -0.1) is 0 Å². The van der Waals surface area contributed by atoms with Gasteiger partial charge in [0.25, 0.3) is 0 Å². The minimum Gasteiger partial charge on any atom is -0.456 e. The lowest BCUT2D eigenvalue weighted by Crippen LogP contribution is -2.09. The third-order valence-electron chi connectivity index (χ3n) is 11.8. The quantitative estimate of drug-likeness (QED) is 0.158. The Labute approximate surface area is 340 Å². The zero-order valence-electron chi connectivity index (χ0n) is 32.0. The van der Waals surface area contributed by atoms with Crippen molar-refractivity contribution in [2.24, 2.45) is 0 Å². The fourth-order valence-corrected chi connectivity index (χ4v) is 9.09. The Morgan fingerprint density at radius 3 is 1.49 bits per heavy atom. The molecule has 0 saturated carbocycles. The standard InChI is InChI=1S/C56H35NO2/c1-3-14-41(15-4-1)57(42-16-5-2-6-17-42)43-29-27-37(28-30-43)36-23-25-38(26-24-36)40-34-49(48-33-39-13-7-8-18-44(39)45-19-9-10-20-46(45)48)56-50(35-40)55-53(59-56)32-31-52-54(55)47-21-11-12-22-51(47)58-52/h1-35H. The van der Waals surface area contributed by atoms with E-state index in [1.165, 1.54) is 21.5 Å². The summed E-state index contributed by atoms with van der Waals surface area (Å²) in [5.74, 6) is 0. The third kappa shape index (κ3) is 5.44. The van der Waals surface area contributed by atoms with Crippen LogP contribution in [0.25, 0.3) is 98.8 Å². The molecular formula is C56H35NO2. The van der Waals surface area contributed by atoms with E-state index in [4.69, 9.17) is 8.83 Å². The Morgan fingerprint density at radius 1 is 0.288 bits per heavy atom. The first-order chi connectivity index (χ1) is 29.2. The van der Waals surface area contributed by atoms with Gasteiger partial charge in [0.05, 0.1) is 0 Å². The first kappa shape index (κ1) is 33.3. The van der Waals surface area contributed by atoms with Crippen LogP contribution in [0.4, 0.5) is 17.1 Å². The molecule has 0 aliphatic heterocycles. The van der Waals surface area contributed by atoms with E-state index in [0.29, 0.717) is 0 Å². The molecule has 0 spiro atoms. The smallest absolute Gasteiger partial charge is 0.143 e. The Balaban J connectivity index is 1.02. The molecule has 0 atom stereocenters. The monoisotopic (exact) mass is 753 g/mol. The van der Waals surface area contributed by atoms with Crippen molar-refractivity contribution >= 4 is 82.5 Å². The van der Waals surface area contributed by atoms with Crippen LogP contribution in [-0.4, -0.2) is 0 Å². The van der Waals surface area contributed by atoms with E-state index >= 15 is 0 Å². The van der Waals surface area contributed by atoms with Crippen LogP contribution in [0.15, 0.2) is 221 Å². The Bertz CT molecular complexity index is 3490. The van der Waals surface area contributed by atoms with Crippen LogP contribution in [-0.2, 0) is 0 Å². The summed E-state index contributed by atoms with van der Waals surface area (Å²) in [6.07, 6.45) is 0. The maximum absolute atomic E-state index is 6.93. The largest absolute Gasteiger partial charge is 0.456 e. The number of fused-ring (bicyclic) bond motifs is 10. The molecule has 3 nitrogen and oxygen atoms in total. The maximum Gasteiger partial charge on any atom is 0.143 e. The molecule has 0 bridgehead atoms. The fraction of sp³-hybridized carbons (Fsp3) is 0. The molecule has 0 radical (unpaired) electrons. The number of para-hydroxylation sites is 3. The normalized spacial score (nSPS) is 11.7. The molecular weight excluding hydrogens is 719 g/mol. The van der Waals surface area contributed by atoms with Crippen molar-refractivity contribution in [1.82, 2.24) is 0 Å². The highest BCUT2D eigenvalue weighted by molar-refractivity contribution is 6.28. The Morgan fingerprint density at radius 2 is 0.797 bits per heavy atom. The van der Waals surface area contributed by atoms with Crippen molar-refractivity contribution in [3.05, 3.63) is 212 Å². The molecule has 59 heavy (non-hydrogen) atoms. The number of rotatable bonds is 6. The number of benzene rings is 10. The van der Waals surface area contributed by atoms with E-state index in [1.54, 1.807) is 0 Å². The van der Waals surface area contributed by atoms with Crippen molar-refractivity contribution in [3.8, 4) is 33.4 Å². The molecule has 0 aliphatic rings. The summed E-state index contributed by atoms with van der Waals surface area (Å²) in [6, 6.07) is 75.6. The molecule has 3 heteroatoms. The van der Waals surface area contributed by atoms with E-state index in [0.717, 1.165) is 94.3 Å². The molecule has 12 aromatic rings. The number of nitrogens with zero attached hydrogens (tertiary/aromatic N) is 1. The van der Waals surface area contributed by atoms with Crippen molar-refractivity contribution in [2.45, 2.75) is 0 Å². The lowest BCUT2D eigenvalue weighted by Gasteiger charge is -2.25. The molecule has 276 valence electrons. The van der Waals surface area contributed by atoms with Gasteiger partial charge in [-0.3, -0.25) is 0 Å². The van der Waals surface area contributed by atoms with Gasteiger partial charge in [-0.05, 0) is 122 Å². The second-order valence-electron chi connectivity index (χ2n) is 15.2. The summed E-state index contributed by atoms with van der Waals surface area (Å²) in [4.78, 5) is 2.29. The molecule has 0 fully saturated rings. The molecule has 0 amide bonds. The zero-order valence-corrected chi connectivity index (χ0v) is 32.0. The summed E-state index contributed by atoms with van der Waals surface area (Å²) in [5.41, 5.74) is 13.6. The van der Waals surface area contributed by atoms with Gasteiger partial charge in [-0.2, -0.15) is 0 Å². The predicted octanol–water partition coefficient (Wildman–Crippen LogP) is 16.3. The lowest BCUT2D eigenvalue weighted by atomic mass is 9.90. The van der Waals surface area contributed by atoms with Gasteiger partial charge in [0.1, 0.15) is 22.3 Å². The van der Waals surface area contributed by atoms with Gasteiger partial charge in [0.15, 0.2) is 0 Å². The van der Waals surface area contributed by atoms with Crippen LogP contribution >= 0.6 is 0 Å². The molecule has 12 rings (SSSR count). The van der Waals surface area contributed by atoms with Crippen molar-refractivity contribution in [1.29, 1.82) is 0 Å².